The van der Waals surface area contributed by atoms with Crippen molar-refractivity contribution in [3.8, 4) is 5.75 Å². The van der Waals surface area contributed by atoms with Gasteiger partial charge in [0.1, 0.15) is 5.75 Å². The minimum Gasteiger partial charge on any atom is -0.497 e. The number of ether oxygens (including phenoxy) is 1. The Balaban J connectivity index is 2.06. The fourth-order valence-corrected chi connectivity index (χ4v) is 1.64. The molecule has 1 aromatic heterocycles. The van der Waals surface area contributed by atoms with Crippen molar-refractivity contribution in [2.75, 3.05) is 12.4 Å². The van der Waals surface area contributed by atoms with Gasteiger partial charge >= 0.3 is 0 Å². The summed E-state index contributed by atoms with van der Waals surface area (Å²) in [6, 6.07) is 8.11. The summed E-state index contributed by atoms with van der Waals surface area (Å²) in [5, 5.41) is 3.26. The third kappa shape index (κ3) is 2.97. The predicted octanol–water partition coefficient (Wildman–Crippen LogP) is 2.97. The SMILES string of the molecule is COc1ccc(C(C)Nc2ncc(C)cn2)cc1. The third-order valence-electron chi connectivity index (χ3n) is 2.74. The van der Waals surface area contributed by atoms with E-state index in [4.69, 9.17) is 4.74 Å². The van der Waals surface area contributed by atoms with Crippen LogP contribution in [0.4, 0.5) is 5.95 Å². The molecule has 94 valence electrons. The maximum Gasteiger partial charge on any atom is 0.223 e. The summed E-state index contributed by atoms with van der Waals surface area (Å²) in [6.07, 6.45) is 3.60. The molecule has 0 saturated heterocycles. The highest BCUT2D eigenvalue weighted by Crippen LogP contribution is 2.19. The smallest absolute Gasteiger partial charge is 0.223 e. The van der Waals surface area contributed by atoms with E-state index in [0.717, 1.165) is 11.3 Å². The monoisotopic (exact) mass is 243 g/mol. The molecule has 2 rings (SSSR count). The molecule has 18 heavy (non-hydrogen) atoms. The van der Waals surface area contributed by atoms with E-state index in [1.165, 1.54) is 5.56 Å². The molecule has 2 aromatic rings. The molecule has 0 saturated carbocycles. The van der Waals surface area contributed by atoms with Crippen LogP contribution in [0.25, 0.3) is 0 Å². The van der Waals surface area contributed by atoms with Crippen LogP contribution < -0.4 is 10.1 Å². The van der Waals surface area contributed by atoms with E-state index in [0.29, 0.717) is 5.95 Å². The van der Waals surface area contributed by atoms with Crippen LogP contribution in [-0.2, 0) is 0 Å². The van der Waals surface area contributed by atoms with Crippen molar-refractivity contribution in [2.24, 2.45) is 0 Å². The first-order chi connectivity index (χ1) is 8.69. The Morgan fingerprint density at radius 2 is 1.72 bits per heavy atom. The number of aromatic nitrogens is 2. The highest BCUT2D eigenvalue weighted by atomic mass is 16.5. The van der Waals surface area contributed by atoms with E-state index in [-0.39, 0.29) is 6.04 Å². The lowest BCUT2D eigenvalue weighted by molar-refractivity contribution is 0.414. The molecule has 1 N–H and O–H groups in total. The van der Waals surface area contributed by atoms with Gasteiger partial charge in [-0.25, -0.2) is 9.97 Å². The maximum atomic E-state index is 5.14. The minimum absolute atomic E-state index is 0.151. The molecule has 0 spiro atoms. The molecule has 4 heteroatoms. The number of rotatable bonds is 4. The number of anilines is 1. The lowest BCUT2D eigenvalue weighted by atomic mass is 10.1. The van der Waals surface area contributed by atoms with Crippen LogP contribution in [-0.4, -0.2) is 17.1 Å². The second kappa shape index (κ2) is 5.49. The number of nitrogens with one attached hydrogen (secondary N) is 1. The first kappa shape index (κ1) is 12.4. The molecule has 0 bridgehead atoms. The number of nitrogens with zero attached hydrogens (tertiary/aromatic N) is 2. The molecule has 0 amide bonds. The normalized spacial score (nSPS) is 11.9. The molecule has 0 aliphatic carbocycles. The number of aryl methyl sites for hydroxylation is 1. The van der Waals surface area contributed by atoms with Crippen molar-refractivity contribution >= 4 is 5.95 Å². The summed E-state index contributed by atoms with van der Waals surface area (Å²) in [7, 11) is 1.66. The zero-order valence-electron chi connectivity index (χ0n) is 10.8. The van der Waals surface area contributed by atoms with Gasteiger partial charge in [0, 0.05) is 12.4 Å². The highest BCUT2D eigenvalue weighted by molar-refractivity contribution is 5.34. The van der Waals surface area contributed by atoms with Crippen LogP contribution in [0.2, 0.25) is 0 Å². The van der Waals surface area contributed by atoms with Gasteiger partial charge in [-0.3, -0.25) is 0 Å². The molecule has 1 atom stereocenters. The molecule has 0 aliphatic heterocycles. The van der Waals surface area contributed by atoms with Gasteiger partial charge in [-0.15, -0.1) is 0 Å². The fraction of sp³-hybridized carbons (Fsp3) is 0.286. The van der Waals surface area contributed by atoms with Gasteiger partial charge in [0.15, 0.2) is 0 Å². The van der Waals surface area contributed by atoms with Crippen molar-refractivity contribution in [1.82, 2.24) is 9.97 Å². The first-order valence-corrected chi connectivity index (χ1v) is 5.88. The molecule has 1 aromatic carbocycles. The predicted molar refractivity (Wildman–Crippen MR) is 71.8 cm³/mol. The molecule has 1 unspecified atom stereocenters. The number of hydrogen-bond acceptors (Lipinski definition) is 4. The summed E-state index contributed by atoms with van der Waals surface area (Å²) in [4.78, 5) is 8.46. The molecule has 0 radical (unpaired) electrons. The number of methoxy groups -OCH3 is 1. The number of benzene rings is 1. The van der Waals surface area contributed by atoms with Crippen LogP contribution in [0.15, 0.2) is 36.7 Å². The Hall–Kier alpha value is -2.10. The molecular weight excluding hydrogens is 226 g/mol. The first-order valence-electron chi connectivity index (χ1n) is 5.88. The average molecular weight is 243 g/mol. The third-order valence-corrected chi connectivity index (χ3v) is 2.74. The van der Waals surface area contributed by atoms with E-state index in [9.17, 15) is 0 Å². The Morgan fingerprint density at radius 3 is 2.28 bits per heavy atom. The molecule has 4 nitrogen and oxygen atoms in total. The zero-order valence-corrected chi connectivity index (χ0v) is 10.8. The van der Waals surface area contributed by atoms with Crippen molar-refractivity contribution in [3.63, 3.8) is 0 Å². The Labute approximate surface area is 107 Å². The summed E-state index contributed by atoms with van der Waals surface area (Å²) >= 11 is 0. The average Bonchev–Trinajstić information content (AvgIpc) is 2.41. The van der Waals surface area contributed by atoms with E-state index >= 15 is 0 Å². The van der Waals surface area contributed by atoms with Crippen molar-refractivity contribution in [1.29, 1.82) is 0 Å². The molecule has 0 fully saturated rings. The van der Waals surface area contributed by atoms with Crippen LogP contribution in [0.1, 0.15) is 24.1 Å². The lowest BCUT2D eigenvalue weighted by Gasteiger charge is -2.14. The fourth-order valence-electron chi connectivity index (χ4n) is 1.64. The van der Waals surface area contributed by atoms with Crippen molar-refractivity contribution in [2.45, 2.75) is 19.9 Å². The largest absolute Gasteiger partial charge is 0.497 e. The molecule has 0 aliphatic rings. The number of hydrogen-bond donors (Lipinski definition) is 1. The van der Waals surface area contributed by atoms with Crippen LogP contribution in [0.3, 0.4) is 0 Å². The zero-order chi connectivity index (χ0) is 13.0. The quantitative estimate of drug-likeness (QED) is 0.896. The van der Waals surface area contributed by atoms with Gasteiger partial charge in [-0.1, -0.05) is 12.1 Å². The second-order valence-corrected chi connectivity index (χ2v) is 4.22. The van der Waals surface area contributed by atoms with Crippen LogP contribution in [0.5, 0.6) is 5.75 Å². The van der Waals surface area contributed by atoms with Gasteiger partial charge in [-0.05, 0) is 37.1 Å². The summed E-state index contributed by atoms with van der Waals surface area (Å²) < 4.78 is 5.14. The standard InChI is InChI=1S/C14H17N3O/c1-10-8-15-14(16-9-10)17-11(2)12-4-6-13(18-3)7-5-12/h4-9,11H,1-3H3,(H,15,16,17). The van der Waals surface area contributed by atoms with Gasteiger partial charge in [0.25, 0.3) is 0 Å². The van der Waals surface area contributed by atoms with Crippen LogP contribution in [0, 0.1) is 6.92 Å². The van der Waals surface area contributed by atoms with E-state index < -0.39 is 0 Å². The minimum atomic E-state index is 0.151. The molecule has 1 heterocycles. The lowest BCUT2D eigenvalue weighted by Crippen LogP contribution is -2.09. The topological polar surface area (TPSA) is 47.0 Å². The maximum absolute atomic E-state index is 5.14. The summed E-state index contributed by atoms with van der Waals surface area (Å²) in [5.41, 5.74) is 2.22. The summed E-state index contributed by atoms with van der Waals surface area (Å²) in [5.74, 6) is 1.50. The Morgan fingerprint density at radius 1 is 1.11 bits per heavy atom. The van der Waals surface area contributed by atoms with Crippen molar-refractivity contribution in [3.05, 3.63) is 47.8 Å². The second-order valence-electron chi connectivity index (χ2n) is 4.22. The highest BCUT2D eigenvalue weighted by Gasteiger charge is 2.06. The summed E-state index contributed by atoms with van der Waals surface area (Å²) in [6.45, 7) is 4.04. The molecular formula is C14H17N3O. The Kier molecular flexibility index (Phi) is 3.77. The van der Waals surface area contributed by atoms with Gasteiger partial charge < -0.3 is 10.1 Å². The van der Waals surface area contributed by atoms with E-state index in [1.807, 2.05) is 31.2 Å². The van der Waals surface area contributed by atoms with Gasteiger partial charge in [0.2, 0.25) is 5.95 Å². The Bertz CT molecular complexity index is 493. The van der Waals surface area contributed by atoms with Gasteiger partial charge in [-0.2, -0.15) is 0 Å². The van der Waals surface area contributed by atoms with E-state index in [2.05, 4.69) is 22.2 Å². The van der Waals surface area contributed by atoms with Gasteiger partial charge in [0.05, 0.1) is 13.2 Å². The van der Waals surface area contributed by atoms with Crippen molar-refractivity contribution < 1.29 is 4.74 Å². The van der Waals surface area contributed by atoms with Crippen LogP contribution >= 0.6 is 0 Å². The van der Waals surface area contributed by atoms with E-state index in [1.54, 1.807) is 19.5 Å².